The van der Waals surface area contributed by atoms with Crippen LogP contribution in [0.4, 0.5) is 22.0 Å². The Kier molecular flexibility index (Phi) is 4.33. The van der Waals surface area contributed by atoms with Crippen LogP contribution >= 0.6 is 0 Å². The lowest BCUT2D eigenvalue weighted by molar-refractivity contribution is 0.168. The van der Waals surface area contributed by atoms with Gasteiger partial charge in [-0.15, -0.1) is 0 Å². The van der Waals surface area contributed by atoms with Crippen molar-refractivity contribution in [2.75, 3.05) is 17.2 Å². The molecular formula is C17H16N4O2. The second-order valence-corrected chi connectivity index (χ2v) is 4.78. The number of benzene rings is 1. The summed E-state index contributed by atoms with van der Waals surface area (Å²) < 4.78 is 4.82. The second-order valence-electron chi connectivity index (χ2n) is 4.78. The minimum absolute atomic E-state index is 0.326. The first-order chi connectivity index (χ1) is 11.3. The molecule has 3 aromatic rings. The van der Waals surface area contributed by atoms with Crippen LogP contribution in [0.2, 0.25) is 0 Å². The molecule has 0 unspecified atom stereocenters. The molecule has 0 aliphatic carbocycles. The first-order valence-electron chi connectivity index (χ1n) is 7.27. The Morgan fingerprint density at radius 3 is 2.78 bits per heavy atom. The maximum absolute atomic E-state index is 11.3. The van der Waals surface area contributed by atoms with E-state index < -0.39 is 6.09 Å². The summed E-state index contributed by atoms with van der Waals surface area (Å²) in [5.74, 6) is 0.664. The SMILES string of the molecule is CCOC(=O)Nc1ccc(Nc2cccc3cccnc23)nc1. The summed E-state index contributed by atoms with van der Waals surface area (Å²) in [6.45, 7) is 2.08. The highest BCUT2D eigenvalue weighted by atomic mass is 16.5. The molecule has 0 atom stereocenters. The van der Waals surface area contributed by atoms with Crippen molar-refractivity contribution in [1.82, 2.24) is 9.97 Å². The first kappa shape index (κ1) is 14.8. The van der Waals surface area contributed by atoms with Crippen molar-refractivity contribution in [3.05, 3.63) is 54.9 Å². The molecule has 1 aromatic carbocycles. The number of hydrogen-bond donors (Lipinski definition) is 2. The molecule has 0 aliphatic heterocycles. The van der Waals surface area contributed by atoms with Gasteiger partial charge < -0.3 is 10.1 Å². The van der Waals surface area contributed by atoms with Gasteiger partial charge in [0.2, 0.25) is 0 Å². The normalized spacial score (nSPS) is 10.3. The molecule has 0 spiro atoms. The van der Waals surface area contributed by atoms with Gasteiger partial charge >= 0.3 is 6.09 Å². The number of para-hydroxylation sites is 1. The van der Waals surface area contributed by atoms with Crippen molar-refractivity contribution < 1.29 is 9.53 Å². The van der Waals surface area contributed by atoms with Gasteiger partial charge in [-0.05, 0) is 31.2 Å². The number of amides is 1. The van der Waals surface area contributed by atoms with Crippen LogP contribution in [0.25, 0.3) is 10.9 Å². The van der Waals surface area contributed by atoms with Crippen molar-refractivity contribution in [2.24, 2.45) is 0 Å². The van der Waals surface area contributed by atoms with Crippen molar-refractivity contribution in [2.45, 2.75) is 6.92 Å². The van der Waals surface area contributed by atoms with Crippen LogP contribution < -0.4 is 10.6 Å². The van der Waals surface area contributed by atoms with Gasteiger partial charge in [-0.2, -0.15) is 0 Å². The highest BCUT2D eigenvalue weighted by molar-refractivity contribution is 5.91. The Labute approximate surface area is 133 Å². The number of nitrogens with one attached hydrogen (secondary N) is 2. The average Bonchev–Trinajstić information content (AvgIpc) is 2.57. The van der Waals surface area contributed by atoms with Crippen LogP contribution in [-0.2, 0) is 4.74 Å². The summed E-state index contributed by atoms with van der Waals surface area (Å²) in [6, 6.07) is 13.4. The third-order valence-electron chi connectivity index (χ3n) is 3.18. The number of pyridine rings is 2. The molecule has 0 fully saturated rings. The Morgan fingerprint density at radius 1 is 1.13 bits per heavy atom. The molecule has 0 aliphatic rings. The predicted molar refractivity (Wildman–Crippen MR) is 89.9 cm³/mol. The van der Waals surface area contributed by atoms with Crippen LogP contribution in [-0.4, -0.2) is 22.7 Å². The van der Waals surface area contributed by atoms with Crippen molar-refractivity contribution in [3.8, 4) is 0 Å². The maximum atomic E-state index is 11.3. The topological polar surface area (TPSA) is 76.1 Å². The maximum Gasteiger partial charge on any atom is 0.411 e. The molecule has 6 nitrogen and oxygen atoms in total. The lowest BCUT2D eigenvalue weighted by Crippen LogP contribution is -2.13. The molecule has 0 bridgehead atoms. The Hall–Kier alpha value is -3.15. The van der Waals surface area contributed by atoms with Gasteiger partial charge in [0.1, 0.15) is 5.82 Å². The number of aromatic nitrogens is 2. The summed E-state index contributed by atoms with van der Waals surface area (Å²) in [4.78, 5) is 20.0. The smallest absolute Gasteiger partial charge is 0.411 e. The van der Waals surface area contributed by atoms with E-state index in [1.54, 1.807) is 31.5 Å². The molecule has 0 saturated heterocycles. The van der Waals surface area contributed by atoms with E-state index in [4.69, 9.17) is 4.74 Å². The Bertz CT molecular complexity index is 813. The lowest BCUT2D eigenvalue weighted by Gasteiger charge is -2.09. The third-order valence-corrected chi connectivity index (χ3v) is 3.18. The van der Waals surface area contributed by atoms with Crippen molar-refractivity contribution >= 4 is 34.2 Å². The minimum Gasteiger partial charge on any atom is -0.450 e. The van der Waals surface area contributed by atoms with Crippen LogP contribution in [0.3, 0.4) is 0 Å². The Morgan fingerprint density at radius 2 is 2.00 bits per heavy atom. The van der Waals surface area contributed by atoms with E-state index in [9.17, 15) is 4.79 Å². The number of fused-ring (bicyclic) bond motifs is 1. The second kappa shape index (κ2) is 6.74. The fourth-order valence-corrected chi connectivity index (χ4v) is 2.17. The summed E-state index contributed by atoms with van der Waals surface area (Å²) in [5, 5.41) is 6.89. The van der Waals surface area contributed by atoms with E-state index in [-0.39, 0.29) is 0 Å². The molecule has 1 amide bonds. The van der Waals surface area contributed by atoms with E-state index in [0.29, 0.717) is 18.1 Å². The average molecular weight is 308 g/mol. The van der Waals surface area contributed by atoms with Crippen molar-refractivity contribution in [3.63, 3.8) is 0 Å². The number of nitrogens with zero attached hydrogens (tertiary/aromatic N) is 2. The molecule has 0 radical (unpaired) electrons. The molecule has 2 aromatic heterocycles. The summed E-state index contributed by atoms with van der Waals surface area (Å²) in [6.07, 6.45) is 2.83. The summed E-state index contributed by atoms with van der Waals surface area (Å²) in [7, 11) is 0. The van der Waals surface area contributed by atoms with Crippen LogP contribution in [0.5, 0.6) is 0 Å². The van der Waals surface area contributed by atoms with E-state index >= 15 is 0 Å². The Balaban J connectivity index is 1.76. The number of carbonyl (C=O) groups excluding carboxylic acids is 1. The van der Waals surface area contributed by atoms with Crippen molar-refractivity contribution in [1.29, 1.82) is 0 Å². The molecule has 2 heterocycles. The molecule has 2 N–H and O–H groups in total. The van der Waals surface area contributed by atoms with E-state index in [0.717, 1.165) is 16.6 Å². The molecule has 116 valence electrons. The largest absolute Gasteiger partial charge is 0.450 e. The lowest BCUT2D eigenvalue weighted by atomic mass is 10.2. The molecule has 0 saturated carbocycles. The number of rotatable bonds is 4. The zero-order chi connectivity index (χ0) is 16.1. The molecule has 23 heavy (non-hydrogen) atoms. The summed E-state index contributed by atoms with van der Waals surface area (Å²) >= 11 is 0. The number of ether oxygens (including phenoxy) is 1. The van der Waals surface area contributed by atoms with Crippen LogP contribution in [0, 0.1) is 0 Å². The fraction of sp³-hybridized carbons (Fsp3) is 0.118. The first-order valence-corrected chi connectivity index (χ1v) is 7.27. The highest BCUT2D eigenvalue weighted by Crippen LogP contribution is 2.24. The minimum atomic E-state index is -0.492. The summed E-state index contributed by atoms with van der Waals surface area (Å²) in [5.41, 5.74) is 2.33. The predicted octanol–water partition coefficient (Wildman–Crippen LogP) is 3.94. The van der Waals surface area contributed by atoms with Gasteiger partial charge in [0, 0.05) is 11.6 Å². The van der Waals surface area contributed by atoms with Gasteiger partial charge in [-0.25, -0.2) is 9.78 Å². The fourth-order valence-electron chi connectivity index (χ4n) is 2.17. The zero-order valence-electron chi connectivity index (χ0n) is 12.6. The standard InChI is InChI=1S/C17H16N4O2/c1-2-23-17(22)20-13-8-9-15(19-11-13)21-14-7-3-5-12-6-4-10-18-16(12)14/h3-11H,2H2,1H3,(H,19,21)(H,20,22). The van der Waals surface area contributed by atoms with E-state index in [1.807, 2.05) is 30.3 Å². The molecule has 3 rings (SSSR count). The van der Waals surface area contributed by atoms with E-state index in [2.05, 4.69) is 20.6 Å². The quantitative estimate of drug-likeness (QED) is 0.763. The number of carbonyl (C=O) groups is 1. The monoisotopic (exact) mass is 308 g/mol. The third kappa shape index (κ3) is 3.55. The van der Waals surface area contributed by atoms with Gasteiger partial charge in [-0.3, -0.25) is 10.3 Å². The zero-order valence-corrected chi connectivity index (χ0v) is 12.6. The van der Waals surface area contributed by atoms with Crippen LogP contribution in [0.15, 0.2) is 54.9 Å². The van der Waals surface area contributed by atoms with Crippen LogP contribution in [0.1, 0.15) is 6.92 Å². The molecule has 6 heteroatoms. The molecular weight excluding hydrogens is 292 g/mol. The van der Waals surface area contributed by atoms with Gasteiger partial charge in [0.15, 0.2) is 0 Å². The van der Waals surface area contributed by atoms with Gasteiger partial charge in [0.25, 0.3) is 0 Å². The van der Waals surface area contributed by atoms with E-state index in [1.165, 1.54) is 0 Å². The number of hydrogen-bond acceptors (Lipinski definition) is 5. The van der Waals surface area contributed by atoms with Gasteiger partial charge in [-0.1, -0.05) is 18.2 Å². The van der Waals surface area contributed by atoms with Gasteiger partial charge in [0.05, 0.1) is 29.7 Å². The highest BCUT2D eigenvalue weighted by Gasteiger charge is 2.05. The number of anilines is 3.